The number of pyridine rings is 1. The Hall–Kier alpha value is -1.42. The maximum atomic E-state index is 11.4. The molecule has 16 heavy (non-hydrogen) atoms. The highest BCUT2D eigenvalue weighted by Crippen LogP contribution is 2.30. The van der Waals surface area contributed by atoms with E-state index in [2.05, 4.69) is 9.72 Å². The number of aromatic nitrogens is 1. The molecule has 84 valence electrons. The summed E-state index contributed by atoms with van der Waals surface area (Å²) < 4.78 is 4.48. The fourth-order valence-electron chi connectivity index (χ4n) is 1.44. The van der Waals surface area contributed by atoms with Gasteiger partial charge in [0.25, 0.3) is 0 Å². The summed E-state index contributed by atoms with van der Waals surface area (Å²) >= 11 is 5.88. The lowest BCUT2D eigenvalue weighted by atomic mass is 9.90. The van der Waals surface area contributed by atoms with Crippen molar-refractivity contribution < 1.29 is 14.3 Å². The first-order chi connectivity index (χ1) is 7.30. The van der Waals surface area contributed by atoms with E-state index in [1.165, 1.54) is 0 Å². The van der Waals surface area contributed by atoms with Crippen LogP contribution in [0.3, 0.4) is 0 Å². The van der Waals surface area contributed by atoms with E-state index >= 15 is 0 Å². The van der Waals surface area contributed by atoms with Crippen molar-refractivity contribution >= 4 is 23.5 Å². The third-order valence-corrected chi connectivity index (χ3v) is 2.63. The first-order valence-corrected chi connectivity index (χ1v) is 5.16. The zero-order valence-electron chi connectivity index (χ0n) is 9.13. The lowest BCUT2D eigenvalue weighted by Gasteiger charge is -2.18. The Balaban J connectivity index is 2.68. The second-order valence-electron chi connectivity index (χ2n) is 4.65. The molecule has 0 saturated carbocycles. The Morgan fingerprint density at radius 2 is 1.88 bits per heavy atom. The Kier molecular flexibility index (Phi) is 2.27. The predicted octanol–water partition coefficient (Wildman–Crippen LogP) is 2.34. The van der Waals surface area contributed by atoms with Crippen LogP contribution in [0, 0.1) is 0 Å². The molecule has 0 N–H and O–H groups in total. The van der Waals surface area contributed by atoms with E-state index in [4.69, 9.17) is 11.6 Å². The van der Waals surface area contributed by atoms with E-state index in [9.17, 15) is 9.59 Å². The molecular weight excluding hydrogens is 230 g/mol. The summed E-state index contributed by atoms with van der Waals surface area (Å²) in [5.74, 6) is -1.38. The van der Waals surface area contributed by atoms with Gasteiger partial charge in [-0.15, -0.1) is 0 Å². The summed E-state index contributed by atoms with van der Waals surface area (Å²) in [4.78, 5) is 26.8. The number of ether oxygens (including phenoxy) is 1. The minimum Gasteiger partial charge on any atom is -0.386 e. The van der Waals surface area contributed by atoms with Crippen molar-refractivity contribution in [2.24, 2.45) is 0 Å². The van der Waals surface area contributed by atoms with Crippen molar-refractivity contribution in [3.8, 4) is 0 Å². The molecule has 1 aromatic heterocycles. The molecule has 0 aliphatic carbocycles. The zero-order chi connectivity index (χ0) is 12.1. The normalized spacial score (nSPS) is 15.0. The number of halogens is 1. The fourth-order valence-corrected chi connectivity index (χ4v) is 1.71. The van der Waals surface area contributed by atoms with Crippen LogP contribution in [0.2, 0.25) is 5.15 Å². The van der Waals surface area contributed by atoms with Crippen molar-refractivity contribution in [1.82, 2.24) is 4.98 Å². The largest absolute Gasteiger partial charge is 0.386 e. The highest BCUT2D eigenvalue weighted by Gasteiger charge is 2.34. The van der Waals surface area contributed by atoms with Gasteiger partial charge in [0.1, 0.15) is 10.7 Å². The van der Waals surface area contributed by atoms with E-state index in [1.54, 1.807) is 6.07 Å². The molecule has 5 heteroatoms. The van der Waals surface area contributed by atoms with Crippen LogP contribution in [-0.2, 0) is 10.2 Å². The van der Waals surface area contributed by atoms with Gasteiger partial charge >= 0.3 is 11.9 Å². The molecule has 1 aliphatic rings. The Labute approximate surface area is 97.6 Å². The zero-order valence-corrected chi connectivity index (χ0v) is 9.88. The highest BCUT2D eigenvalue weighted by atomic mass is 35.5. The SMILES string of the molecule is CC(C)(C)c1cc2c(c(Cl)n1)C(=O)OC2=O. The molecule has 1 aromatic rings. The van der Waals surface area contributed by atoms with Gasteiger partial charge in [-0.05, 0) is 6.07 Å². The molecule has 0 amide bonds. The molecule has 0 fully saturated rings. The summed E-state index contributed by atoms with van der Waals surface area (Å²) in [7, 11) is 0. The van der Waals surface area contributed by atoms with Crippen LogP contribution < -0.4 is 0 Å². The molecule has 0 unspecified atom stereocenters. The van der Waals surface area contributed by atoms with Crippen LogP contribution in [0.1, 0.15) is 47.2 Å². The van der Waals surface area contributed by atoms with Crippen molar-refractivity contribution in [1.29, 1.82) is 0 Å². The third-order valence-electron chi connectivity index (χ3n) is 2.35. The van der Waals surface area contributed by atoms with Crippen LogP contribution in [0.5, 0.6) is 0 Å². The molecule has 4 nitrogen and oxygen atoms in total. The quantitative estimate of drug-likeness (QED) is 0.396. The number of hydrogen-bond acceptors (Lipinski definition) is 4. The van der Waals surface area contributed by atoms with Crippen molar-refractivity contribution in [3.63, 3.8) is 0 Å². The molecule has 0 radical (unpaired) electrons. The summed E-state index contributed by atoms with van der Waals surface area (Å²) in [6, 6.07) is 1.56. The smallest absolute Gasteiger partial charge is 0.350 e. The van der Waals surface area contributed by atoms with E-state index in [-0.39, 0.29) is 21.7 Å². The molecule has 0 spiro atoms. The van der Waals surface area contributed by atoms with Gasteiger partial charge < -0.3 is 4.74 Å². The highest BCUT2D eigenvalue weighted by molar-refractivity contribution is 6.34. The van der Waals surface area contributed by atoms with Gasteiger partial charge in [-0.25, -0.2) is 14.6 Å². The van der Waals surface area contributed by atoms with Gasteiger partial charge in [0.05, 0.1) is 5.56 Å². The number of nitrogens with zero attached hydrogens (tertiary/aromatic N) is 1. The lowest BCUT2D eigenvalue weighted by molar-refractivity contribution is 0.0444. The number of fused-ring (bicyclic) bond motifs is 1. The molecule has 0 bridgehead atoms. The number of rotatable bonds is 0. The number of cyclic esters (lactones) is 2. The summed E-state index contributed by atoms with van der Waals surface area (Å²) in [6.45, 7) is 5.83. The number of carbonyl (C=O) groups excluding carboxylic acids is 2. The molecule has 1 aliphatic heterocycles. The number of carbonyl (C=O) groups is 2. The van der Waals surface area contributed by atoms with Crippen molar-refractivity contribution in [2.75, 3.05) is 0 Å². The number of esters is 2. The van der Waals surface area contributed by atoms with Gasteiger partial charge in [-0.2, -0.15) is 0 Å². The van der Waals surface area contributed by atoms with E-state index in [0.717, 1.165) is 0 Å². The van der Waals surface area contributed by atoms with Crippen LogP contribution in [0.25, 0.3) is 0 Å². The molecular formula is C11H10ClNO3. The average molecular weight is 240 g/mol. The van der Waals surface area contributed by atoms with E-state index < -0.39 is 11.9 Å². The number of hydrogen-bond donors (Lipinski definition) is 0. The lowest BCUT2D eigenvalue weighted by Crippen LogP contribution is -2.15. The molecule has 2 rings (SSSR count). The van der Waals surface area contributed by atoms with Gasteiger partial charge in [-0.3, -0.25) is 0 Å². The Morgan fingerprint density at radius 3 is 2.44 bits per heavy atom. The Bertz CT molecular complexity index is 503. The molecule has 0 atom stereocenters. The van der Waals surface area contributed by atoms with Crippen molar-refractivity contribution in [2.45, 2.75) is 26.2 Å². The molecule has 0 aromatic carbocycles. The average Bonchev–Trinajstić information content (AvgIpc) is 2.41. The predicted molar refractivity (Wildman–Crippen MR) is 57.7 cm³/mol. The van der Waals surface area contributed by atoms with Crippen LogP contribution in [-0.4, -0.2) is 16.9 Å². The first kappa shape index (κ1) is 11.1. The van der Waals surface area contributed by atoms with Crippen LogP contribution >= 0.6 is 11.6 Å². The second-order valence-corrected chi connectivity index (χ2v) is 5.01. The van der Waals surface area contributed by atoms with Crippen LogP contribution in [0.15, 0.2) is 6.07 Å². The topological polar surface area (TPSA) is 56.3 Å². The van der Waals surface area contributed by atoms with Crippen molar-refractivity contribution in [3.05, 3.63) is 28.0 Å². The minimum atomic E-state index is -0.724. The van der Waals surface area contributed by atoms with Gasteiger partial charge in [0, 0.05) is 11.1 Å². The van der Waals surface area contributed by atoms with E-state index in [1.807, 2.05) is 20.8 Å². The monoisotopic (exact) mass is 239 g/mol. The molecule has 2 heterocycles. The third kappa shape index (κ3) is 1.59. The summed E-state index contributed by atoms with van der Waals surface area (Å²) in [6.07, 6.45) is 0. The standard InChI is InChI=1S/C11H10ClNO3/c1-11(2,3)6-4-5-7(8(12)13-6)10(15)16-9(5)14/h4H,1-3H3. The van der Waals surface area contributed by atoms with Crippen LogP contribution in [0.4, 0.5) is 0 Å². The molecule has 0 saturated heterocycles. The maximum absolute atomic E-state index is 11.4. The fraction of sp³-hybridized carbons (Fsp3) is 0.364. The van der Waals surface area contributed by atoms with E-state index in [0.29, 0.717) is 5.69 Å². The maximum Gasteiger partial charge on any atom is 0.350 e. The summed E-state index contributed by atoms with van der Waals surface area (Å²) in [5.41, 5.74) is 0.683. The van der Waals surface area contributed by atoms with Gasteiger partial charge in [-0.1, -0.05) is 32.4 Å². The summed E-state index contributed by atoms with van der Waals surface area (Å²) in [5, 5.41) is 0.0262. The first-order valence-electron chi connectivity index (χ1n) is 4.78. The minimum absolute atomic E-state index is 0.0262. The Morgan fingerprint density at radius 1 is 1.25 bits per heavy atom. The van der Waals surface area contributed by atoms with Gasteiger partial charge in [0.15, 0.2) is 0 Å². The second kappa shape index (κ2) is 3.28. The van der Waals surface area contributed by atoms with Gasteiger partial charge in [0.2, 0.25) is 0 Å².